The SMILES string of the molecule is Brc1ccc2c(c1)N(C1CCCC1)CCN2. The Hall–Kier alpha value is -0.700. The molecule has 1 heterocycles. The Balaban J connectivity index is 1.94. The fourth-order valence-corrected chi connectivity index (χ4v) is 3.27. The summed E-state index contributed by atoms with van der Waals surface area (Å²) in [5.41, 5.74) is 2.67. The van der Waals surface area contributed by atoms with Gasteiger partial charge in [-0.1, -0.05) is 28.8 Å². The number of rotatable bonds is 1. The maximum Gasteiger partial charge on any atom is 0.0616 e. The molecule has 1 aliphatic carbocycles. The van der Waals surface area contributed by atoms with E-state index in [0.717, 1.165) is 19.1 Å². The Morgan fingerprint density at radius 3 is 2.88 bits per heavy atom. The van der Waals surface area contributed by atoms with Crippen molar-refractivity contribution in [2.45, 2.75) is 31.7 Å². The third-order valence-electron chi connectivity index (χ3n) is 3.70. The van der Waals surface area contributed by atoms with Crippen LogP contribution in [0.5, 0.6) is 0 Å². The number of halogens is 1. The predicted molar refractivity (Wildman–Crippen MR) is 72.2 cm³/mol. The Labute approximate surface area is 105 Å². The average Bonchev–Trinajstić information content (AvgIpc) is 2.81. The van der Waals surface area contributed by atoms with Crippen molar-refractivity contribution >= 4 is 27.3 Å². The normalized spacial score (nSPS) is 20.7. The van der Waals surface area contributed by atoms with Gasteiger partial charge in [0.25, 0.3) is 0 Å². The van der Waals surface area contributed by atoms with Gasteiger partial charge < -0.3 is 10.2 Å². The molecule has 0 aromatic heterocycles. The van der Waals surface area contributed by atoms with Gasteiger partial charge in [0.2, 0.25) is 0 Å². The van der Waals surface area contributed by atoms with Crippen molar-refractivity contribution in [3.63, 3.8) is 0 Å². The summed E-state index contributed by atoms with van der Waals surface area (Å²) in [4.78, 5) is 2.60. The van der Waals surface area contributed by atoms with Crippen molar-refractivity contribution in [3.8, 4) is 0 Å². The van der Waals surface area contributed by atoms with E-state index in [2.05, 4.69) is 44.3 Å². The summed E-state index contributed by atoms with van der Waals surface area (Å²) in [6.07, 6.45) is 5.54. The average molecular weight is 281 g/mol. The lowest BCUT2D eigenvalue weighted by Gasteiger charge is -2.36. The molecule has 0 saturated heterocycles. The number of anilines is 2. The van der Waals surface area contributed by atoms with Gasteiger partial charge in [-0.3, -0.25) is 0 Å². The molecule has 0 radical (unpaired) electrons. The highest BCUT2D eigenvalue weighted by molar-refractivity contribution is 9.10. The molecular weight excluding hydrogens is 264 g/mol. The van der Waals surface area contributed by atoms with E-state index in [-0.39, 0.29) is 0 Å². The van der Waals surface area contributed by atoms with E-state index in [9.17, 15) is 0 Å². The third kappa shape index (κ3) is 1.81. The third-order valence-corrected chi connectivity index (χ3v) is 4.20. The van der Waals surface area contributed by atoms with Crippen molar-refractivity contribution in [1.82, 2.24) is 0 Å². The monoisotopic (exact) mass is 280 g/mol. The van der Waals surface area contributed by atoms with Crippen molar-refractivity contribution < 1.29 is 0 Å². The summed E-state index contributed by atoms with van der Waals surface area (Å²) in [5, 5.41) is 3.48. The lowest BCUT2D eigenvalue weighted by molar-refractivity contribution is 0.606. The zero-order chi connectivity index (χ0) is 11.0. The highest BCUT2D eigenvalue weighted by Crippen LogP contribution is 2.36. The maximum absolute atomic E-state index is 3.57. The minimum atomic E-state index is 0.773. The molecule has 0 atom stereocenters. The number of fused-ring (bicyclic) bond motifs is 1. The first-order valence-electron chi connectivity index (χ1n) is 6.15. The van der Waals surface area contributed by atoms with E-state index in [1.807, 2.05) is 0 Å². The summed E-state index contributed by atoms with van der Waals surface area (Å²) in [7, 11) is 0. The minimum absolute atomic E-state index is 0.773. The van der Waals surface area contributed by atoms with Crippen molar-refractivity contribution in [1.29, 1.82) is 0 Å². The molecule has 0 unspecified atom stereocenters. The van der Waals surface area contributed by atoms with Crippen LogP contribution in [0.3, 0.4) is 0 Å². The Bertz CT molecular complexity index is 386. The number of hydrogen-bond donors (Lipinski definition) is 1. The summed E-state index contributed by atoms with van der Waals surface area (Å²) in [6, 6.07) is 7.32. The van der Waals surface area contributed by atoms with Crippen LogP contribution in [0.15, 0.2) is 22.7 Å². The number of benzene rings is 1. The van der Waals surface area contributed by atoms with Crippen LogP contribution in [0.25, 0.3) is 0 Å². The van der Waals surface area contributed by atoms with Gasteiger partial charge in [0.1, 0.15) is 0 Å². The van der Waals surface area contributed by atoms with Crippen LogP contribution in [-0.2, 0) is 0 Å². The van der Waals surface area contributed by atoms with E-state index in [1.165, 1.54) is 41.5 Å². The predicted octanol–water partition coefficient (Wildman–Crippen LogP) is 3.62. The van der Waals surface area contributed by atoms with Gasteiger partial charge in [-0.25, -0.2) is 0 Å². The molecule has 16 heavy (non-hydrogen) atoms. The molecule has 2 nitrogen and oxygen atoms in total. The van der Waals surface area contributed by atoms with Crippen molar-refractivity contribution in [3.05, 3.63) is 22.7 Å². The van der Waals surface area contributed by atoms with E-state index >= 15 is 0 Å². The second-order valence-corrected chi connectivity index (χ2v) is 5.64. The molecule has 1 saturated carbocycles. The zero-order valence-electron chi connectivity index (χ0n) is 9.38. The molecule has 0 amide bonds. The molecule has 1 aromatic carbocycles. The molecule has 3 heteroatoms. The molecule has 1 fully saturated rings. The van der Waals surface area contributed by atoms with Crippen molar-refractivity contribution in [2.75, 3.05) is 23.3 Å². The standard InChI is InChI=1S/C13H17BrN2/c14-10-5-6-12-13(9-10)16(8-7-15-12)11-3-1-2-4-11/h5-6,9,11,15H,1-4,7-8H2. The Kier molecular flexibility index (Phi) is 2.80. The number of nitrogens with one attached hydrogen (secondary N) is 1. The first-order chi connectivity index (χ1) is 7.84. The van der Waals surface area contributed by atoms with Gasteiger partial charge in [-0.2, -0.15) is 0 Å². The first-order valence-corrected chi connectivity index (χ1v) is 6.94. The van der Waals surface area contributed by atoms with Gasteiger partial charge in [0, 0.05) is 23.6 Å². The molecule has 2 aliphatic rings. The van der Waals surface area contributed by atoms with Gasteiger partial charge in [0.15, 0.2) is 0 Å². The van der Waals surface area contributed by atoms with Gasteiger partial charge in [0.05, 0.1) is 11.4 Å². The quantitative estimate of drug-likeness (QED) is 0.845. The highest BCUT2D eigenvalue weighted by Gasteiger charge is 2.26. The number of nitrogens with zero attached hydrogens (tertiary/aromatic N) is 1. The van der Waals surface area contributed by atoms with Gasteiger partial charge in [-0.05, 0) is 31.0 Å². The van der Waals surface area contributed by atoms with E-state index < -0.39 is 0 Å². The zero-order valence-corrected chi connectivity index (χ0v) is 11.0. The fraction of sp³-hybridized carbons (Fsp3) is 0.538. The summed E-state index contributed by atoms with van der Waals surface area (Å²) in [5.74, 6) is 0. The van der Waals surface area contributed by atoms with E-state index in [4.69, 9.17) is 0 Å². The molecule has 3 rings (SSSR count). The Morgan fingerprint density at radius 2 is 2.06 bits per heavy atom. The molecule has 0 spiro atoms. The lowest BCUT2D eigenvalue weighted by atomic mass is 10.1. The largest absolute Gasteiger partial charge is 0.382 e. The smallest absolute Gasteiger partial charge is 0.0616 e. The second-order valence-electron chi connectivity index (χ2n) is 4.72. The second kappa shape index (κ2) is 4.28. The molecule has 1 N–H and O–H groups in total. The molecular formula is C13H17BrN2. The van der Waals surface area contributed by atoms with Crippen LogP contribution in [-0.4, -0.2) is 19.1 Å². The summed E-state index contributed by atoms with van der Waals surface area (Å²) in [6.45, 7) is 2.22. The van der Waals surface area contributed by atoms with Crippen LogP contribution >= 0.6 is 15.9 Å². The van der Waals surface area contributed by atoms with Crippen LogP contribution < -0.4 is 10.2 Å². The van der Waals surface area contributed by atoms with Crippen LogP contribution in [0.1, 0.15) is 25.7 Å². The van der Waals surface area contributed by atoms with Gasteiger partial charge >= 0.3 is 0 Å². The lowest BCUT2D eigenvalue weighted by Crippen LogP contribution is -2.40. The van der Waals surface area contributed by atoms with E-state index in [1.54, 1.807) is 0 Å². The topological polar surface area (TPSA) is 15.3 Å². The van der Waals surface area contributed by atoms with Crippen LogP contribution in [0.4, 0.5) is 11.4 Å². The maximum atomic E-state index is 3.57. The molecule has 0 bridgehead atoms. The van der Waals surface area contributed by atoms with Crippen LogP contribution in [0, 0.1) is 0 Å². The minimum Gasteiger partial charge on any atom is -0.382 e. The Morgan fingerprint density at radius 1 is 1.25 bits per heavy atom. The van der Waals surface area contributed by atoms with E-state index in [0.29, 0.717) is 0 Å². The van der Waals surface area contributed by atoms with Gasteiger partial charge in [-0.15, -0.1) is 0 Å². The summed E-state index contributed by atoms with van der Waals surface area (Å²) >= 11 is 3.57. The molecule has 1 aliphatic heterocycles. The van der Waals surface area contributed by atoms with Crippen molar-refractivity contribution in [2.24, 2.45) is 0 Å². The number of hydrogen-bond acceptors (Lipinski definition) is 2. The van der Waals surface area contributed by atoms with Crippen LogP contribution in [0.2, 0.25) is 0 Å². The first kappa shape index (κ1) is 10.5. The summed E-state index contributed by atoms with van der Waals surface area (Å²) < 4.78 is 1.18. The highest BCUT2D eigenvalue weighted by atomic mass is 79.9. The molecule has 86 valence electrons. The fourth-order valence-electron chi connectivity index (χ4n) is 2.92. The molecule has 1 aromatic rings.